The molecule has 1 amide bonds. The summed E-state index contributed by atoms with van der Waals surface area (Å²) in [6.07, 6.45) is -0.906. The van der Waals surface area contributed by atoms with Gasteiger partial charge < -0.3 is 10.1 Å². The Morgan fingerprint density at radius 3 is 2.38 bits per heavy atom. The average molecular weight is 513 g/mol. The zero-order chi connectivity index (χ0) is 26.8. The number of benzene rings is 2. The lowest BCUT2D eigenvalue weighted by Gasteiger charge is -2.19. The number of hydrogen-bond acceptors (Lipinski definition) is 4. The van der Waals surface area contributed by atoms with Crippen LogP contribution in [0.3, 0.4) is 0 Å². The number of alkyl carbamates (subject to hydrolysis) is 1. The highest BCUT2D eigenvalue weighted by Crippen LogP contribution is 2.30. The number of pyridine rings is 1. The van der Waals surface area contributed by atoms with Crippen LogP contribution in [-0.2, 0) is 17.5 Å². The summed E-state index contributed by atoms with van der Waals surface area (Å²) in [5.41, 5.74) is 0.983. The number of halogens is 3. The Labute approximate surface area is 211 Å². The van der Waals surface area contributed by atoms with E-state index in [1.807, 2.05) is 16.8 Å². The Morgan fingerprint density at radius 1 is 1.00 bits per heavy atom. The summed E-state index contributed by atoms with van der Waals surface area (Å²) in [6, 6.07) is 13.3. The molecular formula is C27H27F3N4O3. The maximum atomic E-state index is 12.8. The summed E-state index contributed by atoms with van der Waals surface area (Å²) in [5.74, 6) is 0. The summed E-state index contributed by atoms with van der Waals surface area (Å²) in [4.78, 5) is 24.6. The number of ether oxygens (including phenoxy) is 1. The maximum Gasteiger partial charge on any atom is 0.416 e. The van der Waals surface area contributed by atoms with Crippen LogP contribution in [0.15, 0.2) is 71.8 Å². The first-order chi connectivity index (χ1) is 17.4. The summed E-state index contributed by atoms with van der Waals surface area (Å²) in [7, 11) is 0. The first-order valence-corrected chi connectivity index (χ1v) is 11.7. The fourth-order valence-electron chi connectivity index (χ4n) is 3.86. The molecule has 0 aliphatic carbocycles. The number of fused-ring (bicyclic) bond motifs is 1. The molecule has 0 saturated heterocycles. The van der Waals surface area contributed by atoms with E-state index in [0.717, 1.165) is 23.0 Å². The lowest BCUT2D eigenvalue weighted by molar-refractivity contribution is -0.137. The molecule has 0 fully saturated rings. The number of alkyl halides is 3. The first kappa shape index (κ1) is 26.0. The van der Waals surface area contributed by atoms with Crippen molar-refractivity contribution in [2.45, 2.75) is 45.5 Å². The third kappa shape index (κ3) is 6.38. The number of nitrogens with zero attached hydrogens (tertiary/aromatic N) is 3. The average Bonchev–Trinajstić information content (AvgIpc) is 3.22. The summed E-state index contributed by atoms with van der Waals surface area (Å²) in [5, 5.41) is 7.98. The van der Waals surface area contributed by atoms with Gasteiger partial charge in [-0.05, 0) is 74.7 Å². The quantitative estimate of drug-likeness (QED) is 0.332. The van der Waals surface area contributed by atoms with Gasteiger partial charge in [-0.2, -0.15) is 18.3 Å². The van der Waals surface area contributed by atoms with E-state index in [0.29, 0.717) is 36.3 Å². The maximum absolute atomic E-state index is 12.8. The Kier molecular flexibility index (Phi) is 7.11. The van der Waals surface area contributed by atoms with E-state index in [1.165, 1.54) is 22.8 Å². The predicted octanol–water partition coefficient (Wildman–Crippen LogP) is 5.79. The van der Waals surface area contributed by atoms with Gasteiger partial charge in [0.2, 0.25) is 0 Å². The van der Waals surface area contributed by atoms with Crippen LogP contribution in [0.1, 0.15) is 32.8 Å². The van der Waals surface area contributed by atoms with Gasteiger partial charge in [0, 0.05) is 36.4 Å². The second-order valence-electron chi connectivity index (χ2n) is 9.59. The molecule has 0 atom stereocenters. The monoisotopic (exact) mass is 512 g/mol. The van der Waals surface area contributed by atoms with Gasteiger partial charge in [0.1, 0.15) is 5.60 Å². The molecule has 4 aromatic rings. The van der Waals surface area contributed by atoms with E-state index in [-0.39, 0.29) is 5.56 Å². The molecule has 0 saturated carbocycles. The van der Waals surface area contributed by atoms with E-state index in [1.54, 1.807) is 45.3 Å². The van der Waals surface area contributed by atoms with Crippen LogP contribution in [0.4, 0.5) is 18.0 Å². The Hall–Kier alpha value is -4.08. The Morgan fingerprint density at radius 2 is 1.73 bits per heavy atom. The van der Waals surface area contributed by atoms with Crippen LogP contribution in [0.2, 0.25) is 0 Å². The molecule has 4 rings (SSSR count). The van der Waals surface area contributed by atoms with Crippen molar-refractivity contribution in [1.82, 2.24) is 19.7 Å². The van der Waals surface area contributed by atoms with Crippen molar-refractivity contribution in [3.8, 4) is 16.8 Å². The third-order valence-corrected chi connectivity index (χ3v) is 5.58. The van der Waals surface area contributed by atoms with Gasteiger partial charge in [0.05, 0.1) is 17.3 Å². The van der Waals surface area contributed by atoms with Crippen molar-refractivity contribution in [1.29, 1.82) is 0 Å². The highest BCUT2D eigenvalue weighted by molar-refractivity contribution is 5.81. The Balaban J connectivity index is 1.44. The minimum absolute atomic E-state index is 0.308. The lowest BCUT2D eigenvalue weighted by atomic mass is 10.0. The van der Waals surface area contributed by atoms with Crippen LogP contribution in [0.5, 0.6) is 0 Å². The molecule has 194 valence electrons. The number of carbonyl (C=O) groups excluding carboxylic acids is 1. The molecule has 1 N–H and O–H groups in total. The standard InChI is InChI=1S/C27H27F3N4O3/c1-26(2,3)37-25(36)31-12-4-13-34-23-10-9-22(15-20(23)17-32-34)33-14-11-19(16-24(33)35)18-5-7-21(8-6-18)27(28,29)30/h5-11,14-17H,4,12-13H2,1-3H3,(H,31,36). The molecule has 10 heteroatoms. The minimum atomic E-state index is -4.41. The van der Waals surface area contributed by atoms with Crippen molar-refractivity contribution in [2.75, 3.05) is 6.54 Å². The van der Waals surface area contributed by atoms with Crippen molar-refractivity contribution in [3.63, 3.8) is 0 Å². The van der Waals surface area contributed by atoms with Gasteiger partial charge in [-0.15, -0.1) is 0 Å². The van der Waals surface area contributed by atoms with Crippen LogP contribution >= 0.6 is 0 Å². The normalized spacial score (nSPS) is 12.1. The molecule has 0 aliphatic heterocycles. The zero-order valence-corrected chi connectivity index (χ0v) is 20.7. The largest absolute Gasteiger partial charge is 0.444 e. The number of rotatable bonds is 6. The van der Waals surface area contributed by atoms with Gasteiger partial charge in [0.25, 0.3) is 5.56 Å². The number of aryl methyl sites for hydroxylation is 1. The lowest BCUT2D eigenvalue weighted by Crippen LogP contribution is -2.33. The second-order valence-corrected chi connectivity index (χ2v) is 9.59. The number of amides is 1. The molecule has 2 aromatic heterocycles. The number of carbonyl (C=O) groups is 1. The fraction of sp³-hybridized carbons (Fsp3) is 0.296. The van der Waals surface area contributed by atoms with Crippen LogP contribution in [0.25, 0.3) is 27.7 Å². The molecule has 2 heterocycles. The van der Waals surface area contributed by atoms with Gasteiger partial charge in [0.15, 0.2) is 0 Å². The highest BCUT2D eigenvalue weighted by Gasteiger charge is 2.30. The van der Waals surface area contributed by atoms with Gasteiger partial charge in [-0.3, -0.25) is 14.0 Å². The van der Waals surface area contributed by atoms with Crippen molar-refractivity contribution < 1.29 is 22.7 Å². The van der Waals surface area contributed by atoms with Crippen LogP contribution in [-0.4, -0.2) is 32.6 Å². The summed E-state index contributed by atoms with van der Waals surface area (Å²) in [6.45, 7) is 6.44. The van der Waals surface area contributed by atoms with Crippen molar-refractivity contribution in [3.05, 3.63) is 82.9 Å². The Bertz CT molecular complexity index is 1470. The number of nitrogens with one attached hydrogen (secondary N) is 1. The zero-order valence-electron chi connectivity index (χ0n) is 20.7. The van der Waals surface area contributed by atoms with E-state index in [4.69, 9.17) is 4.74 Å². The minimum Gasteiger partial charge on any atom is -0.444 e. The smallest absolute Gasteiger partial charge is 0.416 e. The van der Waals surface area contributed by atoms with E-state index < -0.39 is 23.4 Å². The van der Waals surface area contributed by atoms with Gasteiger partial charge in [-0.25, -0.2) is 4.79 Å². The highest BCUT2D eigenvalue weighted by atomic mass is 19.4. The molecule has 7 nitrogen and oxygen atoms in total. The molecule has 0 spiro atoms. The first-order valence-electron chi connectivity index (χ1n) is 11.7. The molecule has 0 radical (unpaired) electrons. The molecule has 0 bridgehead atoms. The van der Waals surface area contributed by atoms with E-state index >= 15 is 0 Å². The van der Waals surface area contributed by atoms with E-state index in [2.05, 4.69) is 10.4 Å². The van der Waals surface area contributed by atoms with Crippen LogP contribution in [0, 0.1) is 0 Å². The SMILES string of the molecule is CC(C)(C)OC(=O)NCCCn1ncc2cc(-n3ccc(-c4ccc(C(F)(F)F)cc4)cc3=O)ccc21. The van der Waals surface area contributed by atoms with E-state index in [9.17, 15) is 22.8 Å². The number of aromatic nitrogens is 3. The number of hydrogen-bond donors (Lipinski definition) is 1. The third-order valence-electron chi connectivity index (χ3n) is 5.58. The van der Waals surface area contributed by atoms with Gasteiger partial charge >= 0.3 is 12.3 Å². The molecular weight excluding hydrogens is 485 g/mol. The molecule has 2 aromatic carbocycles. The van der Waals surface area contributed by atoms with Crippen LogP contribution < -0.4 is 10.9 Å². The molecule has 0 unspecified atom stereocenters. The summed E-state index contributed by atoms with van der Waals surface area (Å²) >= 11 is 0. The fourth-order valence-corrected chi connectivity index (χ4v) is 3.86. The molecule has 0 aliphatic rings. The predicted molar refractivity (Wildman–Crippen MR) is 135 cm³/mol. The second kappa shape index (κ2) is 10.1. The molecule has 37 heavy (non-hydrogen) atoms. The van der Waals surface area contributed by atoms with Crippen molar-refractivity contribution >= 4 is 17.0 Å². The van der Waals surface area contributed by atoms with Gasteiger partial charge in [-0.1, -0.05) is 12.1 Å². The van der Waals surface area contributed by atoms with Crippen molar-refractivity contribution in [2.24, 2.45) is 0 Å². The summed E-state index contributed by atoms with van der Waals surface area (Å²) < 4.78 is 47.0. The topological polar surface area (TPSA) is 78.2 Å².